The third-order valence-corrected chi connectivity index (χ3v) is 6.38. The molecule has 2 heterocycles. The molecule has 172 valence electrons. The molecule has 1 aromatic carbocycles. The molecule has 11 heteroatoms. The molecular weight excluding hydrogens is 475 g/mol. The predicted molar refractivity (Wildman–Crippen MR) is 128 cm³/mol. The fourth-order valence-corrected chi connectivity index (χ4v) is 4.85. The molecule has 1 aliphatic rings. The van der Waals surface area contributed by atoms with E-state index in [1.54, 1.807) is 25.4 Å². The van der Waals surface area contributed by atoms with Crippen molar-refractivity contribution < 1.29 is 12.6 Å². The van der Waals surface area contributed by atoms with Crippen molar-refractivity contribution in [3.05, 3.63) is 51.9 Å². The number of rotatable bonds is 5. The lowest BCUT2D eigenvalue weighted by Crippen LogP contribution is -2.31. The highest BCUT2D eigenvalue weighted by molar-refractivity contribution is 7.86. The zero-order valence-corrected chi connectivity index (χ0v) is 20.0. The Balaban J connectivity index is 0.00000289. The van der Waals surface area contributed by atoms with E-state index in [0.717, 1.165) is 24.5 Å². The van der Waals surface area contributed by atoms with E-state index in [1.165, 1.54) is 4.57 Å². The Morgan fingerprint density at radius 1 is 1.16 bits per heavy atom. The van der Waals surface area contributed by atoms with Gasteiger partial charge in [-0.15, -0.1) is 12.4 Å². The molecule has 32 heavy (non-hydrogen) atoms. The summed E-state index contributed by atoms with van der Waals surface area (Å²) >= 11 is 6.28. The lowest BCUT2D eigenvalue weighted by Gasteiger charge is -2.28. The number of anilines is 1. The molecule has 2 aromatic heterocycles. The smallest absolute Gasteiger partial charge is 0.264 e. The van der Waals surface area contributed by atoms with Crippen LogP contribution >= 0.6 is 24.0 Å². The van der Waals surface area contributed by atoms with Crippen molar-refractivity contribution in [1.29, 1.82) is 0 Å². The van der Waals surface area contributed by atoms with Crippen LogP contribution in [0.1, 0.15) is 25.7 Å². The van der Waals surface area contributed by atoms with Crippen LogP contribution in [0.25, 0.3) is 22.2 Å². The standard InChI is InChI=1S/C21H23ClN4O4S.ClH/c1-26-19-13(11-17(20(26)27)16-5-3-4-6-18(16)22)12-23-21(25-19)24-14-7-9-15(10-8-14)30-31(2,28)29;/h3-6,11-12,14-15H,7-10H2,1-2H3,(H,23,24,25);1H. The molecule has 0 unspecified atom stereocenters. The van der Waals surface area contributed by atoms with Crippen molar-refractivity contribution in [2.45, 2.75) is 37.8 Å². The average Bonchev–Trinajstić information content (AvgIpc) is 2.72. The topological polar surface area (TPSA) is 103 Å². The molecule has 3 aromatic rings. The van der Waals surface area contributed by atoms with Crippen LogP contribution in [0.3, 0.4) is 0 Å². The molecule has 0 atom stereocenters. The summed E-state index contributed by atoms with van der Waals surface area (Å²) in [6.07, 6.45) is 5.23. The summed E-state index contributed by atoms with van der Waals surface area (Å²) in [6, 6.07) is 9.08. The first-order valence-electron chi connectivity index (χ1n) is 9.98. The van der Waals surface area contributed by atoms with Gasteiger partial charge in [0.05, 0.1) is 12.4 Å². The van der Waals surface area contributed by atoms with Crippen LogP contribution in [0.2, 0.25) is 5.02 Å². The third-order valence-electron chi connectivity index (χ3n) is 5.43. The van der Waals surface area contributed by atoms with Gasteiger partial charge in [0.2, 0.25) is 5.95 Å². The van der Waals surface area contributed by atoms with Gasteiger partial charge >= 0.3 is 0 Å². The Morgan fingerprint density at radius 2 is 1.84 bits per heavy atom. The number of hydrogen-bond acceptors (Lipinski definition) is 7. The molecule has 0 saturated heterocycles. The molecule has 4 rings (SSSR count). The van der Waals surface area contributed by atoms with Gasteiger partial charge < -0.3 is 5.32 Å². The first-order valence-corrected chi connectivity index (χ1v) is 12.2. The Bertz CT molecular complexity index is 1290. The van der Waals surface area contributed by atoms with Crippen LogP contribution in [0.5, 0.6) is 0 Å². The number of halogens is 2. The highest BCUT2D eigenvalue weighted by atomic mass is 35.5. The molecule has 0 aliphatic heterocycles. The molecule has 1 N–H and O–H groups in total. The second kappa shape index (κ2) is 9.74. The summed E-state index contributed by atoms with van der Waals surface area (Å²) in [5, 5.41) is 4.53. The fraction of sp³-hybridized carbons (Fsp3) is 0.381. The summed E-state index contributed by atoms with van der Waals surface area (Å²) in [7, 11) is -1.77. The molecule has 0 bridgehead atoms. The zero-order valence-electron chi connectivity index (χ0n) is 17.6. The average molecular weight is 499 g/mol. The van der Waals surface area contributed by atoms with Gasteiger partial charge in [-0.05, 0) is 37.8 Å². The van der Waals surface area contributed by atoms with E-state index in [-0.39, 0.29) is 30.1 Å². The molecular formula is C21H24Cl2N4O4S. The van der Waals surface area contributed by atoms with Crippen molar-refractivity contribution in [1.82, 2.24) is 14.5 Å². The summed E-state index contributed by atoms with van der Waals surface area (Å²) in [5.41, 5.74) is 1.49. The second-order valence-electron chi connectivity index (χ2n) is 7.79. The van der Waals surface area contributed by atoms with E-state index in [4.69, 9.17) is 15.8 Å². The number of fused-ring (bicyclic) bond motifs is 1. The number of nitrogens with zero attached hydrogens (tertiary/aromatic N) is 3. The van der Waals surface area contributed by atoms with Crippen LogP contribution in [0.4, 0.5) is 5.95 Å². The van der Waals surface area contributed by atoms with Gasteiger partial charge in [0.1, 0.15) is 5.65 Å². The van der Waals surface area contributed by atoms with Crippen molar-refractivity contribution in [2.24, 2.45) is 7.05 Å². The monoisotopic (exact) mass is 498 g/mol. The maximum Gasteiger partial charge on any atom is 0.264 e. The summed E-state index contributed by atoms with van der Waals surface area (Å²) in [6.45, 7) is 0. The second-order valence-corrected chi connectivity index (χ2v) is 9.80. The number of benzene rings is 1. The fourth-order valence-electron chi connectivity index (χ4n) is 3.92. The van der Waals surface area contributed by atoms with Gasteiger partial charge in [0.15, 0.2) is 0 Å². The maximum absolute atomic E-state index is 12.9. The number of aryl methyl sites for hydroxylation is 1. The Labute approximate surface area is 197 Å². The first-order chi connectivity index (χ1) is 14.7. The first kappa shape index (κ1) is 24.4. The zero-order chi connectivity index (χ0) is 22.2. The van der Waals surface area contributed by atoms with Crippen molar-refractivity contribution in [3.8, 4) is 11.1 Å². The van der Waals surface area contributed by atoms with Gasteiger partial charge in [0.25, 0.3) is 15.7 Å². The summed E-state index contributed by atoms with van der Waals surface area (Å²) < 4.78 is 29.2. The van der Waals surface area contributed by atoms with E-state index in [0.29, 0.717) is 40.6 Å². The molecule has 0 amide bonds. The molecule has 1 fully saturated rings. The lowest BCUT2D eigenvalue weighted by atomic mass is 9.93. The van der Waals surface area contributed by atoms with E-state index in [1.807, 2.05) is 18.2 Å². The van der Waals surface area contributed by atoms with Gasteiger partial charge in [-0.1, -0.05) is 29.8 Å². The number of aromatic nitrogens is 3. The van der Waals surface area contributed by atoms with Crippen molar-refractivity contribution in [2.75, 3.05) is 11.6 Å². The third kappa shape index (κ3) is 5.40. The Kier molecular flexibility index (Phi) is 7.44. The maximum atomic E-state index is 12.9. The van der Waals surface area contributed by atoms with Crippen LogP contribution in [-0.2, 0) is 21.3 Å². The minimum absolute atomic E-state index is 0. The van der Waals surface area contributed by atoms with E-state index in [9.17, 15) is 13.2 Å². The normalized spacial score (nSPS) is 18.8. The minimum atomic E-state index is -3.45. The molecule has 0 spiro atoms. The lowest BCUT2D eigenvalue weighted by molar-refractivity contribution is 0.158. The highest BCUT2D eigenvalue weighted by Gasteiger charge is 2.25. The van der Waals surface area contributed by atoms with Gasteiger partial charge in [-0.2, -0.15) is 13.4 Å². The Morgan fingerprint density at radius 3 is 2.50 bits per heavy atom. The van der Waals surface area contributed by atoms with Crippen LogP contribution < -0.4 is 10.9 Å². The minimum Gasteiger partial charge on any atom is -0.351 e. The van der Waals surface area contributed by atoms with Crippen molar-refractivity contribution in [3.63, 3.8) is 0 Å². The van der Waals surface area contributed by atoms with Crippen LogP contribution in [0, 0.1) is 0 Å². The SMILES string of the molecule is Cl.Cn1c(=O)c(-c2ccccc2Cl)cc2cnc(NC3CCC(OS(C)(=O)=O)CC3)nc21. The molecule has 1 saturated carbocycles. The van der Waals surface area contributed by atoms with Crippen LogP contribution in [0.15, 0.2) is 41.3 Å². The van der Waals surface area contributed by atoms with Crippen LogP contribution in [-0.4, -0.2) is 41.4 Å². The van der Waals surface area contributed by atoms with E-state index in [2.05, 4.69) is 15.3 Å². The summed E-state index contributed by atoms with van der Waals surface area (Å²) in [5.74, 6) is 0.431. The number of nitrogens with one attached hydrogen (secondary N) is 1. The highest BCUT2D eigenvalue weighted by Crippen LogP contribution is 2.28. The van der Waals surface area contributed by atoms with Gasteiger partial charge in [-0.3, -0.25) is 13.5 Å². The van der Waals surface area contributed by atoms with Crippen molar-refractivity contribution >= 4 is 51.1 Å². The predicted octanol–water partition coefficient (Wildman–Crippen LogP) is 3.77. The molecule has 0 radical (unpaired) electrons. The summed E-state index contributed by atoms with van der Waals surface area (Å²) in [4.78, 5) is 21.9. The number of hydrogen-bond donors (Lipinski definition) is 1. The van der Waals surface area contributed by atoms with Gasteiger partial charge in [-0.25, -0.2) is 4.98 Å². The number of pyridine rings is 1. The Hall–Kier alpha value is -2.20. The quantitative estimate of drug-likeness (QED) is 0.533. The molecule has 8 nitrogen and oxygen atoms in total. The van der Waals surface area contributed by atoms with E-state index < -0.39 is 10.1 Å². The van der Waals surface area contributed by atoms with E-state index >= 15 is 0 Å². The largest absolute Gasteiger partial charge is 0.351 e. The van der Waals surface area contributed by atoms with Gasteiger partial charge in [0, 0.05) is 40.8 Å². The molecule has 1 aliphatic carbocycles.